The van der Waals surface area contributed by atoms with Gasteiger partial charge in [-0.2, -0.15) is 0 Å². The number of fused-ring (bicyclic) bond motifs is 1. The quantitative estimate of drug-likeness (QED) is 0.449. The van der Waals surface area contributed by atoms with Crippen LogP contribution in [0.15, 0.2) is 18.2 Å². The van der Waals surface area contributed by atoms with E-state index < -0.39 is 0 Å². The predicted molar refractivity (Wildman–Crippen MR) is 71.6 cm³/mol. The third kappa shape index (κ3) is 2.20. The van der Waals surface area contributed by atoms with Crippen LogP contribution in [0.25, 0.3) is 0 Å². The summed E-state index contributed by atoms with van der Waals surface area (Å²) in [5.41, 5.74) is 1.83. The lowest BCUT2D eigenvalue weighted by atomic mass is 9.80. The molecular weight excluding hydrogens is 260 g/mol. The summed E-state index contributed by atoms with van der Waals surface area (Å²) in [6.45, 7) is 2.91. The first-order valence-corrected chi connectivity index (χ1v) is 6.86. The molecule has 6 nitrogen and oxygen atoms in total. The van der Waals surface area contributed by atoms with Gasteiger partial charge in [-0.05, 0) is 22.8 Å². The monoisotopic (exact) mass is 277 g/mol. The van der Waals surface area contributed by atoms with E-state index in [2.05, 4.69) is 0 Å². The van der Waals surface area contributed by atoms with Gasteiger partial charge in [-0.25, -0.2) is 0 Å². The van der Waals surface area contributed by atoms with Crippen molar-refractivity contribution in [1.82, 2.24) is 0 Å². The van der Waals surface area contributed by atoms with Crippen molar-refractivity contribution in [2.45, 2.75) is 37.9 Å². The number of non-ortho nitro benzene ring substituents is 1. The molecule has 1 atom stereocenters. The van der Waals surface area contributed by atoms with Crippen molar-refractivity contribution in [2.24, 2.45) is 0 Å². The summed E-state index contributed by atoms with van der Waals surface area (Å²) >= 11 is 0. The molecule has 2 heterocycles. The molecule has 1 fully saturated rings. The van der Waals surface area contributed by atoms with Gasteiger partial charge in [0, 0.05) is 36.3 Å². The highest BCUT2D eigenvalue weighted by Gasteiger charge is 2.44. The van der Waals surface area contributed by atoms with E-state index in [4.69, 9.17) is 4.74 Å². The molecule has 2 aliphatic rings. The van der Waals surface area contributed by atoms with Crippen LogP contribution in [0.3, 0.4) is 0 Å². The summed E-state index contributed by atoms with van der Waals surface area (Å²) in [5.74, 6) is 0. The van der Waals surface area contributed by atoms with Crippen LogP contribution in [0, 0.1) is 15.0 Å². The van der Waals surface area contributed by atoms with Crippen molar-refractivity contribution in [2.75, 3.05) is 13.1 Å². The molecule has 1 unspecified atom stereocenters. The zero-order valence-corrected chi connectivity index (χ0v) is 11.4. The van der Waals surface area contributed by atoms with E-state index in [-0.39, 0.29) is 22.3 Å². The molecule has 3 rings (SSSR count). The Balaban J connectivity index is 1.92. The maximum Gasteiger partial charge on any atom is 0.269 e. The molecule has 0 N–H and O–H groups in total. The van der Waals surface area contributed by atoms with Crippen molar-refractivity contribution in [1.29, 1.82) is 0 Å². The molecule has 0 amide bonds. The number of nitroso groups, excluding NO2 is 1. The van der Waals surface area contributed by atoms with Crippen LogP contribution in [0.1, 0.15) is 37.0 Å². The number of nitro groups is 1. The minimum Gasteiger partial charge on any atom is -0.366 e. The Morgan fingerprint density at radius 3 is 2.75 bits per heavy atom. The van der Waals surface area contributed by atoms with Crippen molar-refractivity contribution in [3.05, 3.63) is 44.3 Å². The highest BCUT2D eigenvalue weighted by Crippen LogP contribution is 2.41. The van der Waals surface area contributed by atoms with Crippen molar-refractivity contribution in [3.63, 3.8) is 0 Å². The van der Waals surface area contributed by atoms with Crippen LogP contribution in [-0.2, 0) is 11.2 Å². The Labute approximate surface area is 116 Å². The fraction of sp³-hybridized carbons (Fsp3) is 0.571. The number of piperidine rings is 1. The van der Waals surface area contributed by atoms with E-state index >= 15 is 0 Å². The van der Waals surface area contributed by atoms with Crippen LogP contribution in [0.5, 0.6) is 0 Å². The number of nitro benzene ring substituents is 1. The van der Waals surface area contributed by atoms with Gasteiger partial charge in [-0.15, -0.1) is 0 Å². The van der Waals surface area contributed by atoms with Crippen molar-refractivity contribution in [3.8, 4) is 0 Å². The molecule has 0 saturated carbocycles. The van der Waals surface area contributed by atoms with Gasteiger partial charge >= 0.3 is 0 Å². The molecule has 1 saturated heterocycles. The maximum atomic E-state index is 11.3. The van der Waals surface area contributed by atoms with Crippen LogP contribution >= 0.6 is 0 Å². The summed E-state index contributed by atoms with van der Waals surface area (Å²) in [4.78, 5) is 21.8. The number of nitrogens with zero attached hydrogens (tertiary/aromatic N) is 2. The van der Waals surface area contributed by atoms with Gasteiger partial charge in [-0.3, -0.25) is 10.1 Å². The lowest BCUT2D eigenvalue weighted by Crippen LogP contribution is -2.46. The second-order valence-electron chi connectivity index (χ2n) is 5.69. The summed E-state index contributed by atoms with van der Waals surface area (Å²) in [7, 11) is 0. The average molecular weight is 277 g/mol. The number of ether oxygens (including phenoxy) is 1. The van der Waals surface area contributed by atoms with E-state index in [0.29, 0.717) is 13.1 Å². The lowest BCUT2D eigenvalue weighted by molar-refractivity contribution is -0.567. The Morgan fingerprint density at radius 2 is 2.10 bits per heavy atom. The highest BCUT2D eigenvalue weighted by molar-refractivity contribution is 5.42. The lowest BCUT2D eigenvalue weighted by Gasteiger charge is -2.41. The van der Waals surface area contributed by atoms with E-state index in [1.54, 1.807) is 12.1 Å². The molecule has 106 valence electrons. The van der Waals surface area contributed by atoms with E-state index in [1.807, 2.05) is 13.0 Å². The Kier molecular flexibility index (Phi) is 3.05. The SMILES string of the molecule is CC1OC2(CC[N+](=O)CC2)Cc2ccc([N+](=O)[O-])cc21. The third-order valence-corrected chi connectivity index (χ3v) is 4.35. The second kappa shape index (κ2) is 4.63. The minimum atomic E-state index is -0.382. The number of hydrogen-bond acceptors (Lipinski definition) is 4. The zero-order valence-electron chi connectivity index (χ0n) is 11.4. The predicted octanol–water partition coefficient (Wildman–Crippen LogP) is 2.54. The maximum absolute atomic E-state index is 11.3. The summed E-state index contributed by atoms with van der Waals surface area (Å²) < 4.78 is 7.21. The van der Waals surface area contributed by atoms with Gasteiger partial charge < -0.3 is 4.74 Å². The van der Waals surface area contributed by atoms with Gasteiger partial charge in [-0.1, -0.05) is 6.07 Å². The second-order valence-corrected chi connectivity index (χ2v) is 5.69. The fourth-order valence-electron chi connectivity index (χ4n) is 3.25. The summed E-state index contributed by atoms with van der Waals surface area (Å²) in [5, 5.41) is 10.8. The smallest absolute Gasteiger partial charge is 0.269 e. The van der Waals surface area contributed by atoms with E-state index in [1.165, 1.54) is 0 Å². The molecule has 0 aliphatic carbocycles. The Hall–Kier alpha value is -1.82. The van der Waals surface area contributed by atoms with Gasteiger partial charge in [0.25, 0.3) is 5.69 Å². The molecule has 1 aromatic carbocycles. The molecule has 0 radical (unpaired) electrons. The molecule has 0 bridgehead atoms. The van der Waals surface area contributed by atoms with Gasteiger partial charge in [0.15, 0.2) is 13.1 Å². The molecule has 2 aliphatic heterocycles. The summed E-state index contributed by atoms with van der Waals surface area (Å²) in [6.07, 6.45) is 2.00. The van der Waals surface area contributed by atoms with Gasteiger partial charge in [0.2, 0.25) is 0 Å². The van der Waals surface area contributed by atoms with Crippen molar-refractivity contribution < 1.29 is 14.4 Å². The van der Waals surface area contributed by atoms with E-state index in [0.717, 1.165) is 35.1 Å². The number of hydrogen-bond donors (Lipinski definition) is 0. The van der Waals surface area contributed by atoms with Crippen LogP contribution in [-0.4, -0.2) is 28.4 Å². The van der Waals surface area contributed by atoms with Crippen LogP contribution in [0.2, 0.25) is 0 Å². The van der Waals surface area contributed by atoms with Gasteiger partial charge in [0.05, 0.1) is 16.6 Å². The molecular formula is C14H17N2O4+. The minimum absolute atomic E-state index is 0.101. The first kappa shape index (κ1) is 13.2. The Bertz CT molecular complexity index is 575. The van der Waals surface area contributed by atoms with Crippen LogP contribution in [0.4, 0.5) is 5.69 Å². The molecule has 1 spiro atoms. The number of rotatable bonds is 1. The molecule has 6 heteroatoms. The highest BCUT2D eigenvalue weighted by atomic mass is 16.6. The standard InChI is InChI=1S/C14H17N2O4/c1-10-13-8-12(16(18)19)3-2-11(13)9-14(20-10)4-6-15(17)7-5-14/h2-3,8,10H,4-7,9H2,1H3/q+1. The zero-order chi connectivity index (χ0) is 14.3. The normalized spacial score (nSPS) is 24.4. The van der Waals surface area contributed by atoms with Gasteiger partial charge in [0.1, 0.15) is 0 Å². The van der Waals surface area contributed by atoms with Crippen molar-refractivity contribution >= 4 is 5.69 Å². The number of benzene rings is 1. The van der Waals surface area contributed by atoms with E-state index in [9.17, 15) is 15.0 Å². The average Bonchev–Trinajstić information content (AvgIpc) is 2.42. The molecule has 0 aromatic heterocycles. The first-order valence-electron chi connectivity index (χ1n) is 6.86. The third-order valence-electron chi connectivity index (χ3n) is 4.35. The Morgan fingerprint density at radius 1 is 1.40 bits per heavy atom. The topological polar surface area (TPSA) is 72.5 Å². The molecule has 1 aromatic rings. The first-order chi connectivity index (χ1) is 9.49. The van der Waals surface area contributed by atoms with Crippen LogP contribution < -0.4 is 0 Å². The molecule has 20 heavy (non-hydrogen) atoms. The largest absolute Gasteiger partial charge is 0.366 e. The summed E-state index contributed by atoms with van der Waals surface area (Å²) in [6, 6.07) is 4.99. The fourth-order valence-corrected chi connectivity index (χ4v) is 3.25.